The van der Waals surface area contributed by atoms with Gasteiger partial charge < -0.3 is 8.98 Å². The Hall–Kier alpha value is -7.04. The molecule has 4 heteroatoms. The fourth-order valence-electron chi connectivity index (χ4n) is 7.26. The third-order valence-electron chi connectivity index (χ3n) is 9.83. The van der Waals surface area contributed by atoms with Gasteiger partial charge in [-0.1, -0.05) is 127 Å². The number of para-hydroxylation sites is 3. The van der Waals surface area contributed by atoms with Gasteiger partial charge in [-0.25, -0.2) is 9.97 Å². The fourth-order valence-corrected chi connectivity index (χ4v) is 7.26. The number of furan rings is 1. The van der Waals surface area contributed by atoms with Crippen LogP contribution in [0.15, 0.2) is 192 Å². The number of aromatic nitrogens is 3. The highest BCUT2D eigenvalue weighted by Crippen LogP contribution is 2.36. The van der Waals surface area contributed by atoms with E-state index in [-0.39, 0.29) is 0 Å². The van der Waals surface area contributed by atoms with Crippen molar-refractivity contribution >= 4 is 32.8 Å². The highest BCUT2D eigenvalue weighted by atomic mass is 16.3. The molecule has 0 bridgehead atoms. The first-order valence-electron chi connectivity index (χ1n) is 17.5. The van der Waals surface area contributed by atoms with Crippen molar-refractivity contribution in [3.05, 3.63) is 188 Å². The third kappa shape index (κ3) is 5.26. The molecule has 4 nitrogen and oxygen atoms in total. The Morgan fingerprint density at radius 3 is 1.85 bits per heavy atom. The van der Waals surface area contributed by atoms with Crippen molar-refractivity contribution < 1.29 is 4.42 Å². The lowest BCUT2D eigenvalue weighted by Gasteiger charge is -2.11. The highest BCUT2D eigenvalue weighted by Gasteiger charge is 2.16. The second kappa shape index (κ2) is 12.4. The first-order valence-corrected chi connectivity index (χ1v) is 17.5. The molecule has 7 aromatic carbocycles. The first-order chi connectivity index (χ1) is 25.7. The van der Waals surface area contributed by atoms with E-state index < -0.39 is 0 Å². The monoisotopic (exact) mass is 665 g/mol. The van der Waals surface area contributed by atoms with E-state index in [4.69, 9.17) is 14.4 Å². The van der Waals surface area contributed by atoms with Crippen molar-refractivity contribution in [2.45, 2.75) is 0 Å². The predicted octanol–water partition coefficient (Wildman–Crippen LogP) is 12.7. The van der Waals surface area contributed by atoms with Gasteiger partial charge in [0.25, 0.3) is 0 Å². The van der Waals surface area contributed by atoms with Gasteiger partial charge in [0.1, 0.15) is 11.3 Å². The van der Waals surface area contributed by atoms with Gasteiger partial charge in [-0.3, -0.25) is 0 Å². The number of hydrogen-bond donors (Lipinski definition) is 0. The van der Waals surface area contributed by atoms with Crippen LogP contribution in [0.3, 0.4) is 0 Å². The Balaban J connectivity index is 1.13. The summed E-state index contributed by atoms with van der Waals surface area (Å²) in [7, 11) is 0. The van der Waals surface area contributed by atoms with Gasteiger partial charge in [-0.2, -0.15) is 0 Å². The lowest BCUT2D eigenvalue weighted by atomic mass is 10.00. The van der Waals surface area contributed by atoms with Gasteiger partial charge in [0.2, 0.25) is 0 Å². The van der Waals surface area contributed by atoms with Crippen LogP contribution >= 0.6 is 0 Å². The van der Waals surface area contributed by atoms with Gasteiger partial charge in [0.15, 0.2) is 5.82 Å². The molecule has 0 saturated carbocycles. The summed E-state index contributed by atoms with van der Waals surface area (Å²) in [4.78, 5) is 10.5. The molecule has 0 fully saturated rings. The van der Waals surface area contributed by atoms with E-state index in [2.05, 4.69) is 168 Å². The molecule has 52 heavy (non-hydrogen) atoms. The molecular formula is C48H31N3O. The molecule has 244 valence electrons. The van der Waals surface area contributed by atoms with Gasteiger partial charge in [0, 0.05) is 44.1 Å². The summed E-state index contributed by atoms with van der Waals surface area (Å²) in [6.45, 7) is 0. The van der Waals surface area contributed by atoms with Gasteiger partial charge >= 0.3 is 0 Å². The van der Waals surface area contributed by atoms with E-state index in [1.165, 1.54) is 16.5 Å². The molecule has 0 atom stereocenters. The maximum atomic E-state index is 6.17. The zero-order chi connectivity index (χ0) is 34.4. The minimum atomic E-state index is 0.678. The molecule has 0 N–H and O–H groups in total. The Labute approximate surface area is 300 Å². The average molecular weight is 666 g/mol. The van der Waals surface area contributed by atoms with Crippen molar-refractivity contribution in [1.29, 1.82) is 0 Å². The third-order valence-corrected chi connectivity index (χ3v) is 9.83. The Morgan fingerprint density at radius 1 is 0.385 bits per heavy atom. The van der Waals surface area contributed by atoms with Crippen LogP contribution in [-0.4, -0.2) is 14.5 Å². The summed E-state index contributed by atoms with van der Waals surface area (Å²) in [5.41, 5.74) is 12.4. The Kier molecular flexibility index (Phi) is 7.10. The second-order valence-corrected chi connectivity index (χ2v) is 13.1. The highest BCUT2D eigenvalue weighted by molar-refractivity contribution is 6.10. The fraction of sp³-hybridized carbons (Fsp3) is 0. The Bertz CT molecular complexity index is 2850. The van der Waals surface area contributed by atoms with Crippen LogP contribution < -0.4 is 0 Å². The molecule has 0 radical (unpaired) electrons. The van der Waals surface area contributed by atoms with Crippen LogP contribution in [0.5, 0.6) is 0 Å². The van der Waals surface area contributed by atoms with E-state index in [0.717, 1.165) is 72.5 Å². The summed E-state index contributed by atoms with van der Waals surface area (Å²) in [5.74, 6) is 1.52. The number of hydrogen-bond acceptors (Lipinski definition) is 3. The van der Waals surface area contributed by atoms with E-state index in [9.17, 15) is 0 Å². The summed E-state index contributed by atoms with van der Waals surface area (Å²) < 4.78 is 8.50. The van der Waals surface area contributed by atoms with Crippen LogP contribution in [0.25, 0.3) is 94.8 Å². The lowest BCUT2D eigenvalue weighted by molar-refractivity contribution is 0.631. The summed E-state index contributed by atoms with van der Waals surface area (Å²) in [6.07, 6.45) is 0. The number of benzene rings is 7. The van der Waals surface area contributed by atoms with Crippen molar-refractivity contribution in [1.82, 2.24) is 14.5 Å². The van der Waals surface area contributed by atoms with Crippen molar-refractivity contribution in [2.75, 3.05) is 0 Å². The minimum Gasteiger partial charge on any atom is -0.456 e. The summed E-state index contributed by atoms with van der Waals surface area (Å²) in [6, 6.07) is 65.5. The average Bonchev–Trinajstić information content (AvgIpc) is 3.81. The van der Waals surface area contributed by atoms with Crippen molar-refractivity contribution in [3.8, 4) is 62.0 Å². The van der Waals surface area contributed by atoms with Gasteiger partial charge in [-0.15, -0.1) is 0 Å². The largest absolute Gasteiger partial charge is 0.456 e. The quantitative estimate of drug-likeness (QED) is 0.178. The molecule has 0 saturated heterocycles. The van der Waals surface area contributed by atoms with E-state index in [1.807, 2.05) is 24.3 Å². The lowest BCUT2D eigenvalue weighted by Crippen LogP contribution is -1.97. The number of rotatable bonds is 6. The maximum Gasteiger partial charge on any atom is 0.160 e. The first kappa shape index (κ1) is 29.8. The molecular weight excluding hydrogens is 635 g/mol. The summed E-state index contributed by atoms with van der Waals surface area (Å²) in [5, 5.41) is 3.44. The van der Waals surface area contributed by atoms with Gasteiger partial charge in [0.05, 0.1) is 22.4 Å². The smallest absolute Gasteiger partial charge is 0.160 e. The Morgan fingerprint density at radius 2 is 1.02 bits per heavy atom. The maximum absolute atomic E-state index is 6.17. The molecule has 3 heterocycles. The van der Waals surface area contributed by atoms with Crippen LogP contribution in [0.4, 0.5) is 0 Å². The van der Waals surface area contributed by atoms with Crippen LogP contribution in [0.2, 0.25) is 0 Å². The zero-order valence-electron chi connectivity index (χ0n) is 28.1. The van der Waals surface area contributed by atoms with Gasteiger partial charge in [-0.05, 0) is 71.8 Å². The molecule has 10 aromatic rings. The predicted molar refractivity (Wildman–Crippen MR) is 213 cm³/mol. The number of fused-ring (bicyclic) bond motifs is 4. The van der Waals surface area contributed by atoms with Crippen LogP contribution in [-0.2, 0) is 0 Å². The molecule has 0 amide bonds. The topological polar surface area (TPSA) is 43.9 Å². The molecule has 0 aliphatic carbocycles. The van der Waals surface area contributed by atoms with Crippen molar-refractivity contribution in [3.63, 3.8) is 0 Å². The zero-order valence-corrected chi connectivity index (χ0v) is 28.1. The molecule has 10 rings (SSSR count). The standard InChI is InChI=1S/C48H31N3O/c1-3-12-32(13-4-1)35-15-11-16-36(28-35)43-31-42(33-22-24-34(25-23-33)47-30-37-14-7-10-21-46(37)52-47)49-48(50-43)38-26-27-45-41(29-38)40-19-8-9-20-44(40)51(45)39-17-5-2-6-18-39/h1-31H. The van der Waals surface area contributed by atoms with E-state index >= 15 is 0 Å². The van der Waals surface area contributed by atoms with E-state index in [1.54, 1.807) is 0 Å². The number of nitrogens with zero attached hydrogens (tertiary/aromatic N) is 3. The molecule has 0 unspecified atom stereocenters. The van der Waals surface area contributed by atoms with Crippen molar-refractivity contribution in [2.24, 2.45) is 0 Å². The van der Waals surface area contributed by atoms with Crippen LogP contribution in [0, 0.1) is 0 Å². The minimum absolute atomic E-state index is 0.678. The molecule has 3 aromatic heterocycles. The summed E-state index contributed by atoms with van der Waals surface area (Å²) >= 11 is 0. The second-order valence-electron chi connectivity index (χ2n) is 13.1. The van der Waals surface area contributed by atoms with E-state index in [0.29, 0.717) is 5.82 Å². The normalized spacial score (nSPS) is 11.5. The molecule has 0 spiro atoms. The molecule has 0 aliphatic rings. The SMILES string of the molecule is c1ccc(-c2cccc(-c3cc(-c4ccc(-c5cc6ccccc6o5)cc4)nc(-c4ccc5c(c4)c4ccccc4n5-c4ccccc4)n3)c2)cc1. The molecule has 0 aliphatic heterocycles. The van der Waals surface area contributed by atoms with Crippen LogP contribution in [0.1, 0.15) is 0 Å².